The molecule has 2 N–H and O–H groups in total. The molecule has 1 fully saturated rings. The maximum Gasteiger partial charge on any atom is 0.238 e. The number of aromatic nitrogens is 2. The van der Waals surface area contributed by atoms with Gasteiger partial charge in [-0.2, -0.15) is 4.98 Å². The van der Waals surface area contributed by atoms with Gasteiger partial charge in [0.15, 0.2) is 9.84 Å². The van der Waals surface area contributed by atoms with Crippen molar-refractivity contribution in [2.75, 3.05) is 5.75 Å². The Morgan fingerprint density at radius 2 is 2.00 bits per heavy atom. The fraction of sp³-hybridized carbons (Fsp3) is 0.500. The van der Waals surface area contributed by atoms with Crippen molar-refractivity contribution >= 4 is 21.5 Å². The predicted molar refractivity (Wildman–Crippen MR) is 107 cm³/mol. The standard InChI is InChI=1S/C20H23FN4O4S/c1-12-23-17(25-29-12)16(26)10-13-5-6-15(21)14(9-13)19(2)11-30(27,28)20(18(22)24-19)7-3-4-8-20/h5-6,9H,3-4,7-8,10-11H2,1-2H3,(H2,22,24)/t19-/m0/s1. The lowest BCUT2D eigenvalue weighted by Gasteiger charge is -2.39. The molecule has 0 radical (unpaired) electrons. The van der Waals surface area contributed by atoms with Gasteiger partial charge in [0.2, 0.25) is 17.5 Å². The highest BCUT2D eigenvalue weighted by atomic mass is 32.2. The maximum atomic E-state index is 14.8. The molecule has 1 aliphatic carbocycles. The first-order chi connectivity index (χ1) is 14.1. The molecule has 4 rings (SSSR count). The summed E-state index contributed by atoms with van der Waals surface area (Å²) in [5, 5.41) is 3.60. The summed E-state index contributed by atoms with van der Waals surface area (Å²) >= 11 is 0. The van der Waals surface area contributed by atoms with E-state index in [9.17, 15) is 17.6 Å². The topological polar surface area (TPSA) is 129 Å². The van der Waals surface area contributed by atoms with Gasteiger partial charge in [-0.25, -0.2) is 12.8 Å². The van der Waals surface area contributed by atoms with Crippen LogP contribution in [-0.4, -0.2) is 40.7 Å². The van der Waals surface area contributed by atoms with Gasteiger partial charge in [-0.15, -0.1) is 0 Å². The molecular weight excluding hydrogens is 411 g/mol. The van der Waals surface area contributed by atoms with Crippen LogP contribution in [0.3, 0.4) is 0 Å². The van der Waals surface area contributed by atoms with Gasteiger partial charge in [-0.3, -0.25) is 9.79 Å². The molecule has 160 valence electrons. The van der Waals surface area contributed by atoms with Crippen LogP contribution in [0.2, 0.25) is 0 Å². The Morgan fingerprint density at radius 3 is 2.60 bits per heavy atom. The van der Waals surface area contributed by atoms with E-state index in [-0.39, 0.29) is 35.3 Å². The number of hydrogen-bond acceptors (Lipinski definition) is 8. The highest BCUT2D eigenvalue weighted by Gasteiger charge is 2.55. The number of carbonyl (C=O) groups is 1. The van der Waals surface area contributed by atoms with Gasteiger partial charge >= 0.3 is 0 Å². The molecule has 1 aliphatic heterocycles. The van der Waals surface area contributed by atoms with E-state index in [0.717, 1.165) is 12.8 Å². The summed E-state index contributed by atoms with van der Waals surface area (Å²) in [6.07, 6.45) is 2.35. The van der Waals surface area contributed by atoms with Crippen LogP contribution in [0.1, 0.15) is 60.2 Å². The number of ketones is 1. The summed E-state index contributed by atoms with van der Waals surface area (Å²) in [7, 11) is -3.64. The van der Waals surface area contributed by atoms with Crippen LogP contribution >= 0.6 is 0 Å². The third kappa shape index (κ3) is 3.23. The Morgan fingerprint density at radius 1 is 1.30 bits per heavy atom. The summed E-state index contributed by atoms with van der Waals surface area (Å²) in [5.74, 6) is -1.06. The smallest absolute Gasteiger partial charge is 0.238 e. The Kier molecular flexibility index (Phi) is 4.80. The lowest BCUT2D eigenvalue weighted by Crippen LogP contribution is -2.56. The van der Waals surface area contributed by atoms with Crippen LogP contribution in [0, 0.1) is 12.7 Å². The lowest BCUT2D eigenvalue weighted by molar-refractivity contribution is 0.0980. The van der Waals surface area contributed by atoms with E-state index in [4.69, 9.17) is 10.3 Å². The highest BCUT2D eigenvalue weighted by Crippen LogP contribution is 2.45. The van der Waals surface area contributed by atoms with Crippen LogP contribution in [0.5, 0.6) is 0 Å². The quantitative estimate of drug-likeness (QED) is 0.731. The molecule has 0 bridgehead atoms. The third-order valence-electron chi connectivity index (χ3n) is 6.06. The van der Waals surface area contributed by atoms with Crippen LogP contribution in [0.15, 0.2) is 27.7 Å². The first-order valence-corrected chi connectivity index (χ1v) is 11.4. The molecule has 1 spiro atoms. The number of sulfone groups is 1. The summed E-state index contributed by atoms with van der Waals surface area (Å²) in [4.78, 5) is 20.8. The largest absolute Gasteiger partial charge is 0.386 e. The van der Waals surface area contributed by atoms with Gasteiger partial charge in [0, 0.05) is 18.9 Å². The van der Waals surface area contributed by atoms with Crippen molar-refractivity contribution < 1.29 is 22.1 Å². The second-order valence-electron chi connectivity index (χ2n) is 8.28. The third-order valence-corrected chi connectivity index (χ3v) is 8.81. The maximum absolute atomic E-state index is 14.8. The van der Waals surface area contributed by atoms with E-state index in [0.29, 0.717) is 18.4 Å². The number of benzene rings is 1. The number of nitrogens with zero attached hydrogens (tertiary/aromatic N) is 3. The van der Waals surface area contributed by atoms with Crippen molar-refractivity contribution in [3.63, 3.8) is 0 Å². The van der Waals surface area contributed by atoms with Crippen LogP contribution in [-0.2, 0) is 21.8 Å². The molecule has 2 heterocycles. The molecule has 0 saturated heterocycles. The second-order valence-corrected chi connectivity index (χ2v) is 10.6. The molecule has 10 heteroatoms. The fourth-order valence-electron chi connectivity index (χ4n) is 4.49. The fourth-order valence-corrected chi connectivity index (χ4v) is 7.00. The van der Waals surface area contributed by atoms with Gasteiger partial charge in [-0.05, 0) is 37.5 Å². The summed E-state index contributed by atoms with van der Waals surface area (Å²) in [6.45, 7) is 3.13. The van der Waals surface area contributed by atoms with Crippen LogP contribution < -0.4 is 5.73 Å². The van der Waals surface area contributed by atoms with Gasteiger partial charge in [-0.1, -0.05) is 24.1 Å². The lowest BCUT2D eigenvalue weighted by atomic mass is 9.90. The van der Waals surface area contributed by atoms with Gasteiger partial charge in [0.25, 0.3) is 0 Å². The van der Waals surface area contributed by atoms with Gasteiger partial charge in [0.05, 0.1) is 5.75 Å². The molecular formula is C20H23FN4O4S. The minimum absolute atomic E-state index is 0.0527. The summed E-state index contributed by atoms with van der Waals surface area (Å²) < 4.78 is 44.9. The van der Waals surface area contributed by atoms with E-state index < -0.39 is 31.7 Å². The van der Waals surface area contributed by atoms with Crippen LogP contribution in [0.25, 0.3) is 0 Å². The molecule has 1 atom stereocenters. The first-order valence-electron chi connectivity index (χ1n) is 9.77. The van der Waals surface area contributed by atoms with Crippen molar-refractivity contribution in [3.05, 3.63) is 46.9 Å². The summed E-state index contributed by atoms with van der Waals surface area (Å²) in [6, 6.07) is 4.15. The Bertz CT molecular complexity index is 1150. The number of Topliss-reactive ketones (excluding diaryl/α,β-unsaturated/α-hetero) is 1. The SMILES string of the molecule is Cc1nc(C(=O)Cc2ccc(F)c([C@]3(C)CS(=O)(=O)C4(CCCC4)C(N)=N3)c2)no1. The molecule has 1 aromatic heterocycles. The van der Waals surface area contributed by atoms with Gasteiger partial charge in [0.1, 0.15) is 21.9 Å². The molecule has 0 unspecified atom stereocenters. The predicted octanol–water partition coefficient (Wildman–Crippen LogP) is 2.26. The number of aliphatic imine (C=N–C) groups is 1. The number of nitrogens with two attached hydrogens (primary N) is 1. The molecule has 1 aromatic carbocycles. The number of amidine groups is 1. The average Bonchev–Trinajstić information content (AvgIpc) is 3.32. The molecule has 2 aromatic rings. The van der Waals surface area contributed by atoms with E-state index in [1.54, 1.807) is 13.8 Å². The number of hydrogen-bond donors (Lipinski definition) is 1. The van der Waals surface area contributed by atoms with Crippen molar-refractivity contribution in [1.82, 2.24) is 10.1 Å². The Labute approximate surface area is 173 Å². The van der Waals surface area contributed by atoms with E-state index >= 15 is 0 Å². The zero-order chi connectivity index (χ0) is 21.7. The first kappa shape index (κ1) is 20.6. The van der Waals surface area contributed by atoms with E-state index in [1.165, 1.54) is 18.2 Å². The average molecular weight is 434 g/mol. The Balaban J connectivity index is 1.71. The number of halogens is 1. The van der Waals surface area contributed by atoms with E-state index in [2.05, 4.69) is 15.1 Å². The van der Waals surface area contributed by atoms with Crippen molar-refractivity contribution in [2.45, 2.75) is 56.2 Å². The minimum atomic E-state index is -3.64. The second kappa shape index (κ2) is 6.97. The van der Waals surface area contributed by atoms with Crippen molar-refractivity contribution in [2.24, 2.45) is 10.7 Å². The zero-order valence-electron chi connectivity index (χ0n) is 16.8. The Hall–Kier alpha value is -2.62. The van der Waals surface area contributed by atoms with Crippen LogP contribution in [0.4, 0.5) is 4.39 Å². The zero-order valence-corrected chi connectivity index (χ0v) is 17.6. The number of rotatable bonds is 4. The minimum Gasteiger partial charge on any atom is -0.386 e. The normalized spacial score (nSPS) is 24.7. The monoisotopic (exact) mass is 434 g/mol. The van der Waals surface area contributed by atoms with E-state index in [1.807, 2.05) is 0 Å². The number of carbonyl (C=O) groups excluding carboxylic acids is 1. The summed E-state index contributed by atoms with van der Waals surface area (Å²) in [5.41, 5.74) is 5.39. The molecule has 30 heavy (non-hydrogen) atoms. The molecule has 0 amide bonds. The molecule has 1 saturated carbocycles. The van der Waals surface area contributed by atoms with Gasteiger partial charge < -0.3 is 10.3 Å². The highest BCUT2D eigenvalue weighted by molar-refractivity contribution is 7.93. The molecule has 8 nitrogen and oxygen atoms in total. The van der Waals surface area contributed by atoms with Crippen molar-refractivity contribution in [3.8, 4) is 0 Å². The van der Waals surface area contributed by atoms with Crippen molar-refractivity contribution in [1.29, 1.82) is 0 Å². The molecule has 2 aliphatic rings. The number of aryl methyl sites for hydroxylation is 1.